The molecule has 2 aromatic rings. The first-order valence-electron chi connectivity index (χ1n) is 5.50. The molecule has 17 heavy (non-hydrogen) atoms. The van der Waals surface area contributed by atoms with E-state index < -0.39 is 0 Å². The van der Waals surface area contributed by atoms with Crippen LogP contribution in [0.25, 0.3) is 11.1 Å². The number of nitrogens with two attached hydrogens (primary N) is 2. The Morgan fingerprint density at radius 1 is 0.882 bits per heavy atom. The fourth-order valence-corrected chi connectivity index (χ4v) is 1.88. The number of hydrogen-bond acceptors (Lipinski definition) is 3. The molecule has 0 aliphatic rings. The first kappa shape index (κ1) is 11.3. The molecule has 3 nitrogen and oxygen atoms in total. The van der Waals surface area contributed by atoms with Gasteiger partial charge in [-0.25, -0.2) is 0 Å². The van der Waals surface area contributed by atoms with Gasteiger partial charge in [0, 0.05) is 36.7 Å². The molecule has 0 amide bonds. The Balaban J connectivity index is 2.61. The topological polar surface area (TPSA) is 55.3 Å². The number of benzene rings is 2. The van der Waals surface area contributed by atoms with Gasteiger partial charge in [0.25, 0.3) is 0 Å². The Morgan fingerprint density at radius 3 is 2.24 bits per heavy atom. The van der Waals surface area contributed by atoms with E-state index >= 15 is 0 Å². The van der Waals surface area contributed by atoms with E-state index in [0.717, 1.165) is 28.2 Å². The van der Waals surface area contributed by atoms with Gasteiger partial charge in [-0.15, -0.1) is 0 Å². The van der Waals surface area contributed by atoms with Gasteiger partial charge in [0.05, 0.1) is 0 Å². The Labute approximate surface area is 102 Å². The van der Waals surface area contributed by atoms with Crippen molar-refractivity contribution < 1.29 is 0 Å². The number of rotatable bonds is 2. The summed E-state index contributed by atoms with van der Waals surface area (Å²) in [7, 11) is 4.03. The van der Waals surface area contributed by atoms with Crippen LogP contribution in [0.5, 0.6) is 0 Å². The maximum atomic E-state index is 5.85. The zero-order chi connectivity index (χ0) is 12.4. The summed E-state index contributed by atoms with van der Waals surface area (Å²) in [5.74, 6) is 0. The minimum atomic E-state index is 0.757. The molecule has 0 unspecified atom stereocenters. The van der Waals surface area contributed by atoms with Crippen LogP contribution in [0.3, 0.4) is 0 Å². The molecule has 0 aromatic heterocycles. The molecule has 0 saturated carbocycles. The lowest BCUT2D eigenvalue weighted by molar-refractivity contribution is 1.13. The molecule has 0 heterocycles. The average Bonchev–Trinajstić information content (AvgIpc) is 2.28. The second kappa shape index (κ2) is 4.37. The van der Waals surface area contributed by atoms with E-state index in [1.54, 1.807) is 0 Å². The van der Waals surface area contributed by atoms with E-state index in [9.17, 15) is 0 Å². The number of nitrogen functional groups attached to an aromatic ring is 2. The van der Waals surface area contributed by atoms with Crippen molar-refractivity contribution in [3.63, 3.8) is 0 Å². The molecule has 2 aromatic carbocycles. The van der Waals surface area contributed by atoms with Crippen LogP contribution in [0.1, 0.15) is 0 Å². The van der Waals surface area contributed by atoms with Gasteiger partial charge in [-0.2, -0.15) is 0 Å². The highest BCUT2D eigenvalue weighted by molar-refractivity contribution is 5.82. The summed E-state index contributed by atoms with van der Waals surface area (Å²) in [5.41, 5.74) is 16.5. The van der Waals surface area contributed by atoms with E-state index in [4.69, 9.17) is 11.5 Å². The van der Waals surface area contributed by atoms with Gasteiger partial charge >= 0.3 is 0 Å². The molecule has 0 atom stereocenters. The summed E-state index contributed by atoms with van der Waals surface area (Å²) in [4.78, 5) is 2.07. The molecule has 0 bridgehead atoms. The molecule has 0 radical (unpaired) electrons. The lowest BCUT2D eigenvalue weighted by Gasteiger charge is -2.18. The first-order valence-corrected chi connectivity index (χ1v) is 5.50. The van der Waals surface area contributed by atoms with Crippen LogP contribution in [-0.2, 0) is 0 Å². The highest BCUT2D eigenvalue weighted by atomic mass is 15.1. The third-order valence-corrected chi connectivity index (χ3v) is 2.70. The normalized spacial score (nSPS) is 10.2. The Morgan fingerprint density at radius 2 is 1.59 bits per heavy atom. The third kappa shape index (κ3) is 2.33. The van der Waals surface area contributed by atoms with Crippen LogP contribution in [0.4, 0.5) is 17.1 Å². The Hall–Kier alpha value is -2.16. The van der Waals surface area contributed by atoms with Crippen LogP contribution in [0.2, 0.25) is 0 Å². The fraction of sp³-hybridized carbons (Fsp3) is 0.143. The predicted molar refractivity (Wildman–Crippen MR) is 75.0 cm³/mol. The maximum absolute atomic E-state index is 5.85. The average molecular weight is 227 g/mol. The minimum absolute atomic E-state index is 0.757. The van der Waals surface area contributed by atoms with Crippen LogP contribution in [0, 0.1) is 0 Å². The molecule has 0 aliphatic carbocycles. The van der Waals surface area contributed by atoms with E-state index in [1.165, 1.54) is 0 Å². The zero-order valence-electron chi connectivity index (χ0n) is 10.1. The molecule has 0 aliphatic heterocycles. The highest BCUT2D eigenvalue weighted by Gasteiger charge is 2.07. The highest BCUT2D eigenvalue weighted by Crippen LogP contribution is 2.32. The Bertz CT molecular complexity index is 533. The lowest BCUT2D eigenvalue weighted by atomic mass is 10.0. The SMILES string of the molecule is CN(C)c1ccc(N)cc1-c1cccc(N)c1. The van der Waals surface area contributed by atoms with Crippen molar-refractivity contribution in [2.24, 2.45) is 0 Å². The molecule has 2 rings (SSSR count). The van der Waals surface area contributed by atoms with Crippen molar-refractivity contribution in [1.29, 1.82) is 0 Å². The quantitative estimate of drug-likeness (QED) is 0.775. The van der Waals surface area contributed by atoms with Gasteiger partial charge in [-0.1, -0.05) is 12.1 Å². The monoisotopic (exact) mass is 227 g/mol. The summed E-state index contributed by atoms with van der Waals surface area (Å²) in [5, 5.41) is 0. The molecule has 3 heteroatoms. The van der Waals surface area contributed by atoms with E-state index in [1.807, 2.05) is 56.6 Å². The number of nitrogens with zero attached hydrogens (tertiary/aromatic N) is 1. The molecule has 88 valence electrons. The van der Waals surface area contributed by atoms with Crippen molar-refractivity contribution in [3.05, 3.63) is 42.5 Å². The van der Waals surface area contributed by atoms with Crippen molar-refractivity contribution in [1.82, 2.24) is 0 Å². The van der Waals surface area contributed by atoms with Crippen molar-refractivity contribution in [2.45, 2.75) is 0 Å². The molecule has 4 N–H and O–H groups in total. The molecule has 0 fully saturated rings. The summed E-state index contributed by atoms with van der Waals surface area (Å²) < 4.78 is 0. The van der Waals surface area contributed by atoms with Crippen molar-refractivity contribution in [2.75, 3.05) is 30.5 Å². The molecular weight excluding hydrogens is 210 g/mol. The second-order valence-electron chi connectivity index (χ2n) is 4.30. The predicted octanol–water partition coefficient (Wildman–Crippen LogP) is 2.58. The standard InChI is InChI=1S/C14H17N3/c1-17(2)14-7-6-12(16)9-13(14)10-4-3-5-11(15)8-10/h3-9H,15-16H2,1-2H3. The molecular formula is C14H17N3. The fourth-order valence-electron chi connectivity index (χ4n) is 1.88. The van der Waals surface area contributed by atoms with Gasteiger partial charge in [0.2, 0.25) is 0 Å². The second-order valence-corrected chi connectivity index (χ2v) is 4.30. The molecule has 0 saturated heterocycles. The van der Waals surface area contributed by atoms with Crippen LogP contribution < -0.4 is 16.4 Å². The lowest BCUT2D eigenvalue weighted by Crippen LogP contribution is -2.10. The van der Waals surface area contributed by atoms with Crippen molar-refractivity contribution >= 4 is 17.1 Å². The van der Waals surface area contributed by atoms with E-state index in [-0.39, 0.29) is 0 Å². The smallest absolute Gasteiger partial charge is 0.0442 e. The third-order valence-electron chi connectivity index (χ3n) is 2.70. The summed E-state index contributed by atoms with van der Waals surface area (Å²) in [6.07, 6.45) is 0. The van der Waals surface area contributed by atoms with Gasteiger partial charge < -0.3 is 16.4 Å². The number of hydrogen-bond donors (Lipinski definition) is 2. The van der Waals surface area contributed by atoms with Crippen molar-refractivity contribution in [3.8, 4) is 11.1 Å². The van der Waals surface area contributed by atoms with Crippen LogP contribution >= 0.6 is 0 Å². The van der Waals surface area contributed by atoms with Crippen LogP contribution in [-0.4, -0.2) is 14.1 Å². The van der Waals surface area contributed by atoms with Gasteiger partial charge in [0.1, 0.15) is 0 Å². The van der Waals surface area contributed by atoms with Gasteiger partial charge in [-0.3, -0.25) is 0 Å². The van der Waals surface area contributed by atoms with Gasteiger partial charge in [0.15, 0.2) is 0 Å². The summed E-state index contributed by atoms with van der Waals surface area (Å²) in [6, 6.07) is 13.7. The molecule has 0 spiro atoms. The Kier molecular flexibility index (Phi) is 2.91. The van der Waals surface area contributed by atoms with E-state index in [2.05, 4.69) is 4.90 Å². The summed E-state index contributed by atoms with van der Waals surface area (Å²) in [6.45, 7) is 0. The first-order chi connectivity index (χ1) is 8.08. The van der Waals surface area contributed by atoms with Gasteiger partial charge in [-0.05, 0) is 35.9 Å². The maximum Gasteiger partial charge on any atom is 0.0442 e. The van der Waals surface area contributed by atoms with E-state index in [0.29, 0.717) is 0 Å². The largest absolute Gasteiger partial charge is 0.399 e. The summed E-state index contributed by atoms with van der Waals surface area (Å²) >= 11 is 0. The zero-order valence-corrected chi connectivity index (χ0v) is 10.1. The number of anilines is 3. The minimum Gasteiger partial charge on any atom is -0.399 e. The van der Waals surface area contributed by atoms with Crippen LogP contribution in [0.15, 0.2) is 42.5 Å².